The second-order valence-corrected chi connectivity index (χ2v) is 7.80. The summed E-state index contributed by atoms with van der Waals surface area (Å²) >= 11 is 0. The molecule has 0 aliphatic carbocycles. The van der Waals surface area contributed by atoms with E-state index in [0.29, 0.717) is 18.1 Å². The fourth-order valence-electron chi connectivity index (χ4n) is 2.46. The minimum Gasteiger partial charge on any atom is -0.366 e. The first-order valence-electron chi connectivity index (χ1n) is 8.47. The van der Waals surface area contributed by atoms with Gasteiger partial charge in [-0.25, -0.2) is 27.3 Å². The van der Waals surface area contributed by atoms with Crippen LogP contribution in [0.3, 0.4) is 0 Å². The first kappa shape index (κ1) is 20.6. The Morgan fingerprint density at radius 1 is 1.21 bits per heavy atom. The second-order valence-electron chi connectivity index (χ2n) is 6.23. The number of halogens is 2. The highest BCUT2D eigenvalue weighted by Gasteiger charge is 2.09. The fourth-order valence-corrected chi connectivity index (χ4v) is 2.98. The maximum atomic E-state index is 12.4. The summed E-state index contributed by atoms with van der Waals surface area (Å²) < 4.78 is 48.6. The number of rotatable bonds is 8. The monoisotopic (exact) mass is 423 g/mol. The molecule has 0 radical (unpaired) electrons. The number of aromatic nitrogens is 4. The van der Waals surface area contributed by atoms with E-state index >= 15 is 0 Å². The Labute approximate surface area is 166 Å². The van der Waals surface area contributed by atoms with Crippen molar-refractivity contribution in [3.05, 3.63) is 54.0 Å². The number of nitrogens with zero attached hydrogens (tertiary/aromatic N) is 4. The third-order valence-corrected chi connectivity index (χ3v) is 4.83. The van der Waals surface area contributed by atoms with Crippen molar-refractivity contribution in [1.82, 2.24) is 19.7 Å². The van der Waals surface area contributed by atoms with E-state index in [0.717, 1.165) is 15.8 Å². The molecule has 154 valence electrons. The fraction of sp³-hybridized carbons (Fsp3) is 0.235. The Hall–Kier alpha value is -3.12. The van der Waals surface area contributed by atoms with Gasteiger partial charge in [0.25, 0.3) is 6.43 Å². The Bertz CT molecular complexity index is 1090. The van der Waals surface area contributed by atoms with Gasteiger partial charge in [0.1, 0.15) is 12.4 Å². The van der Waals surface area contributed by atoms with Crippen LogP contribution in [0.5, 0.6) is 0 Å². The molecule has 12 heteroatoms. The molecule has 0 amide bonds. The quantitative estimate of drug-likeness (QED) is 0.507. The molecular formula is C17H19F2N7O2S. The lowest BCUT2D eigenvalue weighted by Crippen LogP contribution is -2.12. The number of hydrogen-bond acceptors (Lipinski definition) is 7. The van der Waals surface area contributed by atoms with E-state index in [1.807, 2.05) is 6.92 Å². The molecule has 0 bridgehead atoms. The molecule has 0 aliphatic heterocycles. The van der Waals surface area contributed by atoms with Crippen LogP contribution in [0.1, 0.15) is 11.1 Å². The van der Waals surface area contributed by atoms with E-state index in [9.17, 15) is 17.2 Å². The van der Waals surface area contributed by atoms with Crippen LogP contribution in [0.4, 0.5) is 26.2 Å². The van der Waals surface area contributed by atoms with Crippen LogP contribution in [0.2, 0.25) is 0 Å². The van der Waals surface area contributed by atoms with Crippen LogP contribution >= 0.6 is 0 Å². The number of primary sulfonamides is 1. The van der Waals surface area contributed by atoms with Gasteiger partial charge in [-0.1, -0.05) is 12.1 Å². The van der Waals surface area contributed by atoms with E-state index in [4.69, 9.17) is 5.14 Å². The molecule has 9 nitrogen and oxygen atoms in total. The van der Waals surface area contributed by atoms with Gasteiger partial charge in [-0.2, -0.15) is 10.1 Å². The van der Waals surface area contributed by atoms with E-state index in [2.05, 4.69) is 25.7 Å². The Balaban J connectivity index is 1.66. The van der Waals surface area contributed by atoms with Crippen molar-refractivity contribution in [2.24, 2.45) is 5.14 Å². The van der Waals surface area contributed by atoms with Crippen molar-refractivity contribution < 1.29 is 17.2 Å². The predicted molar refractivity (Wildman–Crippen MR) is 103 cm³/mol. The van der Waals surface area contributed by atoms with Crippen LogP contribution in [0.15, 0.2) is 47.8 Å². The molecule has 29 heavy (non-hydrogen) atoms. The van der Waals surface area contributed by atoms with Crippen LogP contribution in [-0.2, 0) is 23.1 Å². The average molecular weight is 423 g/mol. The molecule has 3 aromatic rings. The molecule has 0 aliphatic rings. The molecule has 0 saturated heterocycles. The number of benzene rings is 1. The molecule has 1 aromatic carbocycles. The van der Waals surface area contributed by atoms with E-state index < -0.39 is 23.0 Å². The molecule has 0 fully saturated rings. The summed E-state index contributed by atoms with van der Waals surface area (Å²) in [6.07, 6.45) is 1.97. The highest BCUT2D eigenvalue weighted by molar-refractivity contribution is 7.89. The van der Waals surface area contributed by atoms with Gasteiger partial charge in [-0.3, -0.25) is 4.68 Å². The van der Waals surface area contributed by atoms with Crippen molar-refractivity contribution in [2.45, 2.75) is 31.3 Å². The van der Waals surface area contributed by atoms with Crippen molar-refractivity contribution in [3.63, 3.8) is 0 Å². The summed E-state index contributed by atoms with van der Waals surface area (Å²) in [5.74, 6) is 0.845. The maximum Gasteiger partial charge on any atom is 0.257 e. The molecule has 4 N–H and O–H groups in total. The summed E-state index contributed by atoms with van der Waals surface area (Å²) in [4.78, 5) is 8.59. The number of hydrogen-bond donors (Lipinski definition) is 3. The van der Waals surface area contributed by atoms with Gasteiger partial charge >= 0.3 is 0 Å². The normalized spacial score (nSPS) is 11.6. The van der Waals surface area contributed by atoms with Gasteiger partial charge in [-0.15, -0.1) is 0 Å². The van der Waals surface area contributed by atoms with Crippen LogP contribution in [0.25, 0.3) is 0 Å². The number of nitrogens with one attached hydrogen (secondary N) is 2. The van der Waals surface area contributed by atoms with Crippen LogP contribution in [0, 0.1) is 6.92 Å². The summed E-state index contributed by atoms with van der Waals surface area (Å²) in [5.41, 5.74) is 2.11. The third-order valence-electron chi connectivity index (χ3n) is 3.90. The Kier molecular flexibility index (Phi) is 6.03. The van der Waals surface area contributed by atoms with Gasteiger partial charge in [0.2, 0.25) is 16.0 Å². The minimum absolute atomic E-state index is 0.0401. The standard InChI is InChI=1S/C17H19F2N7O2S/c1-11-6-22-17(24-13-8-23-26(9-13)10-15(18)19)25-16(11)21-7-12-2-4-14(5-3-12)29(20,27)28/h2-6,8-9,15H,7,10H2,1H3,(H2,20,27,28)(H2,21,22,24,25). The lowest BCUT2D eigenvalue weighted by Gasteiger charge is -2.11. The van der Waals surface area contributed by atoms with Crippen LogP contribution < -0.4 is 15.8 Å². The lowest BCUT2D eigenvalue weighted by molar-refractivity contribution is 0.122. The molecule has 3 rings (SSSR count). The Morgan fingerprint density at radius 3 is 2.59 bits per heavy atom. The van der Waals surface area contributed by atoms with E-state index in [1.54, 1.807) is 18.3 Å². The summed E-state index contributed by atoms with van der Waals surface area (Å²) in [5, 5.41) is 15.0. The number of anilines is 3. The number of nitrogens with two attached hydrogens (primary N) is 1. The molecule has 2 aromatic heterocycles. The maximum absolute atomic E-state index is 12.4. The van der Waals surface area contributed by atoms with Gasteiger partial charge in [0, 0.05) is 24.5 Å². The van der Waals surface area contributed by atoms with Gasteiger partial charge in [0.15, 0.2) is 0 Å². The molecule has 2 heterocycles. The highest BCUT2D eigenvalue weighted by atomic mass is 32.2. The van der Waals surface area contributed by atoms with Gasteiger partial charge < -0.3 is 10.6 Å². The summed E-state index contributed by atoms with van der Waals surface area (Å²) in [6.45, 7) is 1.73. The third kappa shape index (κ3) is 5.68. The minimum atomic E-state index is -3.73. The summed E-state index contributed by atoms with van der Waals surface area (Å²) in [6, 6.07) is 6.17. The zero-order valence-electron chi connectivity index (χ0n) is 15.4. The molecule has 0 saturated carbocycles. The van der Waals surface area contributed by atoms with Crippen molar-refractivity contribution in [2.75, 3.05) is 10.6 Å². The number of aryl methyl sites for hydroxylation is 1. The largest absolute Gasteiger partial charge is 0.366 e. The first-order valence-corrected chi connectivity index (χ1v) is 10.0. The highest BCUT2D eigenvalue weighted by Crippen LogP contribution is 2.18. The topological polar surface area (TPSA) is 128 Å². The average Bonchev–Trinajstić information content (AvgIpc) is 3.08. The van der Waals surface area contributed by atoms with Crippen molar-refractivity contribution in [1.29, 1.82) is 0 Å². The van der Waals surface area contributed by atoms with Crippen molar-refractivity contribution in [3.8, 4) is 0 Å². The molecule has 0 unspecified atom stereocenters. The molecule has 0 spiro atoms. The second kappa shape index (κ2) is 8.49. The summed E-state index contributed by atoms with van der Waals surface area (Å²) in [7, 11) is -3.73. The lowest BCUT2D eigenvalue weighted by atomic mass is 10.2. The molecule has 0 atom stereocenters. The number of sulfonamides is 1. The molecular weight excluding hydrogens is 404 g/mol. The van der Waals surface area contributed by atoms with Crippen LogP contribution in [-0.4, -0.2) is 34.6 Å². The SMILES string of the molecule is Cc1cnc(Nc2cnn(CC(F)F)c2)nc1NCc1ccc(S(N)(=O)=O)cc1. The van der Waals surface area contributed by atoms with E-state index in [1.165, 1.54) is 24.5 Å². The number of alkyl halides is 2. The first-order chi connectivity index (χ1) is 13.7. The predicted octanol–water partition coefficient (Wildman–Crippen LogP) is 2.25. The van der Waals surface area contributed by atoms with Gasteiger partial charge in [-0.05, 0) is 24.6 Å². The Morgan fingerprint density at radius 2 is 1.93 bits per heavy atom. The zero-order valence-corrected chi connectivity index (χ0v) is 16.2. The van der Waals surface area contributed by atoms with E-state index in [-0.39, 0.29) is 10.8 Å². The van der Waals surface area contributed by atoms with Gasteiger partial charge in [0.05, 0.1) is 16.8 Å². The zero-order chi connectivity index (χ0) is 21.0. The van der Waals surface area contributed by atoms with Crippen molar-refractivity contribution >= 4 is 27.5 Å². The smallest absolute Gasteiger partial charge is 0.257 e.